The zero-order valence-electron chi connectivity index (χ0n) is 11.4. The third kappa shape index (κ3) is 3.98. The molecule has 0 aliphatic carbocycles. The molecule has 0 fully saturated rings. The van der Waals surface area contributed by atoms with Crippen molar-refractivity contribution in [2.45, 2.75) is 38.0 Å². The second kappa shape index (κ2) is 6.60. The number of terminal acetylenes is 1. The van der Waals surface area contributed by atoms with E-state index in [0.717, 1.165) is 12.0 Å². The summed E-state index contributed by atoms with van der Waals surface area (Å²) >= 11 is 0. The van der Waals surface area contributed by atoms with Gasteiger partial charge in [0.2, 0.25) is 10.0 Å². The van der Waals surface area contributed by atoms with E-state index in [4.69, 9.17) is 12.2 Å². The zero-order chi connectivity index (χ0) is 14.5. The van der Waals surface area contributed by atoms with Crippen LogP contribution >= 0.6 is 0 Å². The van der Waals surface area contributed by atoms with Gasteiger partial charge in [0, 0.05) is 13.0 Å². The molecule has 5 heteroatoms. The number of nitrogens with two attached hydrogens (primary N) is 1. The molecule has 0 heterocycles. The first-order chi connectivity index (χ1) is 8.90. The molecule has 0 spiro atoms. The van der Waals surface area contributed by atoms with Crippen LogP contribution < -0.4 is 10.5 Å². The smallest absolute Gasteiger partial charge is 0.242 e. The van der Waals surface area contributed by atoms with Crippen LogP contribution in [-0.4, -0.2) is 15.0 Å². The maximum absolute atomic E-state index is 12.2. The molecule has 0 radical (unpaired) electrons. The molecular formula is C14H20N2O2S. The van der Waals surface area contributed by atoms with Gasteiger partial charge in [0.25, 0.3) is 0 Å². The molecule has 0 atom stereocenters. The number of rotatable bonds is 6. The predicted molar refractivity (Wildman–Crippen MR) is 78.2 cm³/mol. The fourth-order valence-corrected chi connectivity index (χ4v) is 3.29. The van der Waals surface area contributed by atoms with Crippen molar-refractivity contribution in [1.29, 1.82) is 0 Å². The van der Waals surface area contributed by atoms with Crippen molar-refractivity contribution < 1.29 is 8.42 Å². The Hall–Kier alpha value is -1.51. The number of hydrogen-bond acceptors (Lipinski definition) is 3. The van der Waals surface area contributed by atoms with Gasteiger partial charge in [-0.3, -0.25) is 0 Å². The number of sulfonamides is 1. The van der Waals surface area contributed by atoms with Crippen molar-refractivity contribution in [3.63, 3.8) is 0 Å². The first-order valence-corrected chi connectivity index (χ1v) is 7.67. The van der Waals surface area contributed by atoms with Gasteiger partial charge in [0.1, 0.15) is 4.90 Å². The maximum Gasteiger partial charge on any atom is 0.242 e. The highest BCUT2D eigenvalue weighted by atomic mass is 32.2. The first-order valence-electron chi connectivity index (χ1n) is 6.19. The molecule has 0 aliphatic rings. The van der Waals surface area contributed by atoms with Gasteiger partial charge in [-0.05, 0) is 37.8 Å². The molecule has 1 aromatic carbocycles. The lowest BCUT2D eigenvalue weighted by molar-refractivity contribution is 0.577. The van der Waals surface area contributed by atoms with Crippen molar-refractivity contribution in [3.8, 4) is 12.3 Å². The van der Waals surface area contributed by atoms with Gasteiger partial charge in [-0.15, -0.1) is 12.3 Å². The third-order valence-corrected chi connectivity index (χ3v) is 4.58. The van der Waals surface area contributed by atoms with E-state index in [1.165, 1.54) is 0 Å². The fourth-order valence-electron chi connectivity index (χ4n) is 1.79. The molecule has 19 heavy (non-hydrogen) atoms. The summed E-state index contributed by atoms with van der Waals surface area (Å²) < 4.78 is 27.0. The van der Waals surface area contributed by atoms with E-state index in [2.05, 4.69) is 10.6 Å². The van der Waals surface area contributed by atoms with Crippen molar-refractivity contribution >= 4 is 15.7 Å². The Bertz CT molecular complexity index is 586. The van der Waals surface area contributed by atoms with Crippen molar-refractivity contribution in [2.75, 3.05) is 12.3 Å². The minimum absolute atomic E-state index is 0.185. The molecular weight excluding hydrogens is 260 g/mol. The molecule has 3 N–H and O–H groups in total. The van der Waals surface area contributed by atoms with Crippen LogP contribution in [0.5, 0.6) is 0 Å². The molecule has 0 saturated heterocycles. The summed E-state index contributed by atoms with van der Waals surface area (Å²) in [5.41, 5.74) is 7.61. The highest BCUT2D eigenvalue weighted by Crippen LogP contribution is 2.25. The SMILES string of the molecule is C#CCCCCNS(=O)(=O)c1c(C)ccc(C)c1N. The zero-order valence-corrected chi connectivity index (χ0v) is 12.2. The standard InChI is InChI=1S/C14H20N2O2S/c1-4-5-6-7-10-16-19(17,18)14-12(3)9-8-11(2)13(14)15/h1,8-9,16H,5-7,10,15H2,2-3H3. The van der Waals surface area contributed by atoms with Crippen LogP contribution in [0.15, 0.2) is 17.0 Å². The molecule has 0 unspecified atom stereocenters. The number of aryl methyl sites for hydroxylation is 2. The summed E-state index contributed by atoms with van der Waals surface area (Å²) in [5.74, 6) is 2.53. The Morgan fingerprint density at radius 2 is 1.89 bits per heavy atom. The van der Waals surface area contributed by atoms with Gasteiger partial charge < -0.3 is 5.73 Å². The number of anilines is 1. The van der Waals surface area contributed by atoms with E-state index < -0.39 is 10.0 Å². The lowest BCUT2D eigenvalue weighted by atomic mass is 10.1. The van der Waals surface area contributed by atoms with Crippen LogP contribution in [0.25, 0.3) is 0 Å². The van der Waals surface area contributed by atoms with Crippen LogP contribution in [0.2, 0.25) is 0 Å². The summed E-state index contributed by atoms with van der Waals surface area (Å²) in [6.45, 7) is 3.90. The van der Waals surface area contributed by atoms with E-state index in [-0.39, 0.29) is 4.90 Å². The van der Waals surface area contributed by atoms with Crippen LogP contribution in [0.3, 0.4) is 0 Å². The quantitative estimate of drug-likeness (QED) is 0.475. The topological polar surface area (TPSA) is 72.2 Å². The summed E-state index contributed by atoms with van der Waals surface area (Å²) in [7, 11) is -3.56. The highest BCUT2D eigenvalue weighted by molar-refractivity contribution is 7.89. The molecule has 0 aliphatic heterocycles. The minimum atomic E-state index is -3.56. The lowest BCUT2D eigenvalue weighted by Gasteiger charge is -2.13. The van der Waals surface area contributed by atoms with Gasteiger partial charge >= 0.3 is 0 Å². The molecule has 0 bridgehead atoms. The number of nitrogens with one attached hydrogen (secondary N) is 1. The average Bonchev–Trinajstić information content (AvgIpc) is 2.34. The second-order valence-electron chi connectivity index (χ2n) is 4.50. The fraction of sp³-hybridized carbons (Fsp3) is 0.429. The molecule has 104 valence electrons. The normalized spacial score (nSPS) is 11.2. The van der Waals surface area contributed by atoms with Gasteiger partial charge in [-0.2, -0.15) is 0 Å². The van der Waals surface area contributed by atoms with Gasteiger partial charge in [-0.25, -0.2) is 13.1 Å². The first kappa shape index (κ1) is 15.5. The third-order valence-electron chi connectivity index (χ3n) is 2.92. The summed E-state index contributed by atoms with van der Waals surface area (Å²) in [5, 5.41) is 0. The number of nitrogen functional groups attached to an aromatic ring is 1. The molecule has 1 aromatic rings. The number of benzene rings is 1. The van der Waals surface area contributed by atoms with Gasteiger partial charge in [0.15, 0.2) is 0 Å². The monoisotopic (exact) mass is 280 g/mol. The summed E-state index contributed by atoms with van der Waals surface area (Å²) in [6, 6.07) is 3.58. The lowest BCUT2D eigenvalue weighted by Crippen LogP contribution is -2.26. The van der Waals surface area contributed by atoms with E-state index in [1.54, 1.807) is 19.9 Å². The molecule has 0 saturated carbocycles. The molecule has 0 aromatic heterocycles. The van der Waals surface area contributed by atoms with Gasteiger partial charge in [-0.1, -0.05) is 12.1 Å². The van der Waals surface area contributed by atoms with Crippen molar-refractivity contribution in [2.24, 2.45) is 0 Å². The molecule has 1 rings (SSSR count). The number of unbranched alkanes of at least 4 members (excludes halogenated alkanes) is 2. The minimum Gasteiger partial charge on any atom is -0.397 e. The summed E-state index contributed by atoms with van der Waals surface area (Å²) in [4.78, 5) is 0.185. The van der Waals surface area contributed by atoms with Gasteiger partial charge in [0.05, 0.1) is 5.69 Å². The van der Waals surface area contributed by atoms with E-state index in [9.17, 15) is 8.42 Å². The number of hydrogen-bond donors (Lipinski definition) is 2. The Balaban J connectivity index is 2.84. The Morgan fingerprint density at radius 3 is 2.53 bits per heavy atom. The van der Waals surface area contributed by atoms with E-state index >= 15 is 0 Å². The van der Waals surface area contributed by atoms with Crippen molar-refractivity contribution in [3.05, 3.63) is 23.3 Å². The maximum atomic E-state index is 12.2. The van der Waals surface area contributed by atoms with Crippen LogP contribution in [0.1, 0.15) is 30.4 Å². The molecule has 4 nitrogen and oxygen atoms in total. The Kier molecular flexibility index (Phi) is 5.40. The largest absolute Gasteiger partial charge is 0.397 e. The van der Waals surface area contributed by atoms with E-state index in [0.29, 0.717) is 30.6 Å². The molecule has 0 amide bonds. The van der Waals surface area contributed by atoms with E-state index in [1.807, 2.05) is 6.07 Å². The average molecular weight is 280 g/mol. The van der Waals surface area contributed by atoms with Crippen LogP contribution in [0.4, 0.5) is 5.69 Å². The van der Waals surface area contributed by atoms with Crippen LogP contribution in [0, 0.1) is 26.2 Å². The van der Waals surface area contributed by atoms with Crippen molar-refractivity contribution in [1.82, 2.24) is 4.72 Å². The van der Waals surface area contributed by atoms with Crippen LogP contribution in [-0.2, 0) is 10.0 Å². The summed E-state index contributed by atoms with van der Waals surface area (Å²) in [6.07, 6.45) is 7.32. The Labute approximate surface area is 115 Å². The Morgan fingerprint density at radius 1 is 1.26 bits per heavy atom. The predicted octanol–water partition coefficient (Wildman–Crippen LogP) is 1.97. The second-order valence-corrected chi connectivity index (χ2v) is 6.20. The highest BCUT2D eigenvalue weighted by Gasteiger charge is 2.20.